The van der Waals surface area contributed by atoms with E-state index in [9.17, 15) is 0 Å². The van der Waals surface area contributed by atoms with Crippen LogP contribution in [-0.2, 0) is 19.5 Å². The molecule has 8 heteroatoms. The van der Waals surface area contributed by atoms with Gasteiger partial charge in [0, 0.05) is 65.3 Å². The average molecular weight is 574 g/mol. The van der Waals surface area contributed by atoms with Gasteiger partial charge in [0.05, 0.1) is 5.69 Å². The number of aromatic nitrogens is 2. The van der Waals surface area contributed by atoms with Crippen LogP contribution in [-0.4, -0.2) is 72.4 Å². The molecule has 34 heavy (non-hydrogen) atoms. The van der Waals surface area contributed by atoms with Gasteiger partial charge in [0.1, 0.15) is 0 Å². The van der Waals surface area contributed by atoms with Crippen LogP contribution in [0.25, 0.3) is 5.69 Å². The van der Waals surface area contributed by atoms with Crippen molar-refractivity contribution < 1.29 is 0 Å². The maximum Gasteiger partial charge on any atom is 0.191 e. The molecule has 2 N–H and O–H groups in total. The summed E-state index contributed by atoms with van der Waals surface area (Å²) in [5.41, 5.74) is 4.99. The van der Waals surface area contributed by atoms with Crippen molar-refractivity contribution in [1.29, 1.82) is 0 Å². The fourth-order valence-corrected chi connectivity index (χ4v) is 4.00. The minimum Gasteiger partial charge on any atom is -0.356 e. The third-order valence-corrected chi connectivity index (χ3v) is 6.12. The third kappa shape index (κ3) is 7.82. The lowest BCUT2D eigenvalue weighted by atomic mass is 10.1. The monoisotopic (exact) mass is 573 g/mol. The Labute approximate surface area is 220 Å². The molecule has 0 amide bonds. The molecule has 1 saturated heterocycles. The van der Waals surface area contributed by atoms with Crippen molar-refractivity contribution in [2.75, 3.05) is 46.8 Å². The Morgan fingerprint density at radius 1 is 0.912 bits per heavy atom. The fraction of sp³-hybridized carbons (Fsp3) is 0.385. The van der Waals surface area contributed by atoms with Gasteiger partial charge in [0.15, 0.2) is 5.96 Å². The van der Waals surface area contributed by atoms with E-state index in [4.69, 9.17) is 0 Å². The molecule has 2 aromatic carbocycles. The molecule has 0 radical (unpaired) electrons. The first-order valence-corrected chi connectivity index (χ1v) is 11.7. The largest absolute Gasteiger partial charge is 0.356 e. The Bertz CT molecular complexity index is 993. The van der Waals surface area contributed by atoms with Crippen LogP contribution in [0.15, 0.2) is 72.0 Å². The number of piperazine rings is 1. The molecule has 0 saturated carbocycles. The quantitative estimate of drug-likeness (QED) is 0.247. The molecule has 1 aliphatic rings. The summed E-state index contributed by atoms with van der Waals surface area (Å²) in [6.45, 7) is 7.23. The number of guanidine groups is 1. The Morgan fingerprint density at radius 3 is 2.24 bits per heavy atom. The van der Waals surface area contributed by atoms with Gasteiger partial charge in [-0.3, -0.25) is 9.89 Å². The predicted octanol–water partition coefficient (Wildman–Crippen LogP) is 3.15. The Kier molecular flexibility index (Phi) is 10.4. The van der Waals surface area contributed by atoms with E-state index < -0.39 is 0 Å². The summed E-state index contributed by atoms with van der Waals surface area (Å²) < 4.78 is 1.87. The fourth-order valence-electron chi connectivity index (χ4n) is 4.00. The lowest BCUT2D eigenvalue weighted by molar-refractivity contribution is 0.148. The summed E-state index contributed by atoms with van der Waals surface area (Å²) in [6, 6.07) is 19.4. The molecule has 0 aliphatic carbocycles. The van der Waals surface area contributed by atoms with E-state index in [1.54, 1.807) is 6.20 Å². The molecule has 7 nitrogen and oxygen atoms in total. The summed E-state index contributed by atoms with van der Waals surface area (Å²) >= 11 is 0. The Balaban J connectivity index is 0.00000324. The Hall–Kier alpha value is -2.43. The highest BCUT2D eigenvalue weighted by molar-refractivity contribution is 14.0. The van der Waals surface area contributed by atoms with Crippen LogP contribution in [0.2, 0.25) is 0 Å². The van der Waals surface area contributed by atoms with Crippen LogP contribution >= 0.6 is 24.0 Å². The van der Waals surface area contributed by atoms with Crippen molar-refractivity contribution in [1.82, 2.24) is 30.2 Å². The number of aliphatic imine (C=N–C) groups is 1. The molecule has 1 aromatic heterocycles. The highest BCUT2D eigenvalue weighted by Gasteiger charge is 2.13. The molecule has 0 bridgehead atoms. The minimum atomic E-state index is 0. The molecule has 2 heterocycles. The van der Waals surface area contributed by atoms with Gasteiger partial charge >= 0.3 is 0 Å². The van der Waals surface area contributed by atoms with Gasteiger partial charge in [-0.1, -0.05) is 36.4 Å². The summed E-state index contributed by atoms with van der Waals surface area (Å²) in [7, 11) is 4.01. The lowest BCUT2D eigenvalue weighted by Gasteiger charge is -2.32. The van der Waals surface area contributed by atoms with Crippen molar-refractivity contribution in [3.63, 3.8) is 0 Å². The lowest BCUT2D eigenvalue weighted by Crippen LogP contribution is -2.43. The first-order valence-electron chi connectivity index (χ1n) is 11.7. The first kappa shape index (κ1) is 26.2. The topological polar surface area (TPSA) is 60.7 Å². The molecule has 4 rings (SSSR count). The second-order valence-corrected chi connectivity index (χ2v) is 8.62. The van der Waals surface area contributed by atoms with Gasteiger partial charge < -0.3 is 15.5 Å². The van der Waals surface area contributed by atoms with E-state index in [0.29, 0.717) is 0 Å². The van der Waals surface area contributed by atoms with E-state index in [1.165, 1.54) is 16.7 Å². The molecular formula is C26H36IN7. The molecule has 182 valence electrons. The number of hydrogen-bond acceptors (Lipinski definition) is 4. The number of benzene rings is 2. The zero-order valence-corrected chi connectivity index (χ0v) is 22.5. The number of nitrogens with zero attached hydrogens (tertiary/aromatic N) is 5. The van der Waals surface area contributed by atoms with Crippen LogP contribution in [0.4, 0.5) is 0 Å². The van der Waals surface area contributed by atoms with Crippen molar-refractivity contribution in [2.45, 2.75) is 19.5 Å². The summed E-state index contributed by atoms with van der Waals surface area (Å²) in [5, 5.41) is 11.1. The maximum atomic E-state index is 4.36. The van der Waals surface area contributed by atoms with Crippen molar-refractivity contribution in [3.8, 4) is 5.69 Å². The van der Waals surface area contributed by atoms with Gasteiger partial charge in [0.2, 0.25) is 0 Å². The molecule has 1 aliphatic heterocycles. The summed E-state index contributed by atoms with van der Waals surface area (Å²) in [5.74, 6) is 0.824. The van der Waals surface area contributed by atoms with E-state index >= 15 is 0 Å². The van der Waals surface area contributed by atoms with Gasteiger partial charge in [-0.15, -0.1) is 24.0 Å². The molecule has 0 unspecified atom stereocenters. The van der Waals surface area contributed by atoms with E-state index in [1.807, 2.05) is 24.0 Å². The number of rotatable bonds is 8. The van der Waals surface area contributed by atoms with Crippen molar-refractivity contribution in [3.05, 3.63) is 83.7 Å². The molecule has 0 atom stereocenters. The minimum absolute atomic E-state index is 0. The third-order valence-electron chi connectivity index (χ3n) is 6.12. The van der Waals surface area contributed by atoms with Gasteiger partial charge in [-0.05, 0) is 48.4 Å². The maximum absolute atomic E-state index is 4.36. The van der Waals surface area contributed by atoms with E-state index in [0.717, 1.165) is 63.9 Å². The van der Waals surface area contributed by atoms with E-state index in [-0.39, 0.29) is 24.0 Å². The summed E-state index contributed by atoms with van der Waals surface area (Å²) in [4.78, 5) is 9.28. The van der Waals surface area contributed by atoms with Gasteiger partial charge in [0.25, 0.3) is 0 Å². The van der Waals surface area contributed by atoms with Crippen LogP contribution < -0.4 is 10.6 Å². The molecular weight excluding hydrogens is 537 g/mol. The first-order chi connectivity index (χ1) is 16.2. The van der Waals surface area contributed by atoms with Crippen molar-refractivity contribution in [2.24, 2.45) is 4.99 Å². The molecule has 0 spiro atoms. The van der Waals surface area contributed by atoms with Crippen LogP contribution in [0.5, 0.6) is 0 Å². The smallest absolute Gasteiger partial charge is 0.191 e. The second kappa shape index (κ2) is 13.5. The average Bonchev–Trinajstić information content (AvgIpc) is 3.39. The van der Waals surface area contributed by atoms with Crippen LogP contribution in [0, 0.1) is 0 Å². The van der Waals surface area contributed by atoms with E-state index in [2.05, 4.69) is 86.1 Å². The number of halogens is 1. The zero-order chi connectivity index (χ0) is 22.9. The highest BCUT2D eigenvalue weighted by atomic mass is 127. The second-order valence-electron chi connectivity index (χ2n) is 8.62. The number of hydrogen-bond donors (Lipinski definition) is 2. The van der Waals surface area contributed by atoms with Crippen LogP contribution in [0.1, 0.15) is 16.7 Å². The highest BCUT2D eigenvalue weighted by Crippen LogP contribution is 2.10. The van der Waals surface area contributed by atoms with Gasteiger partial charge in [-0.2, -0.15) is 5.10 Å². The Morgan fingerprint density at radius 2 is 1.59 bits per heavy atom. The SMILES string of the molecule is CN=C(NCCc1ccc(-n2cccn2)cc1)NCc1ccc(CN2CCN(C)CC2)cc1.I. The molecule has 1 fully saturated rings. The number of likely N-dealkylation sites (N-methyl/N-ethyl adjacent to an activating group) is 1. The predicted molar refractivity (Wildman–Crippen MR) is 150 cm³/mol. The normalized spacial score (nSPS) is 15.1. The van der Waals surface area contributed by atoms with Crippen molar-refractivity contribution >= 4 is 29.9 Å². The standard InChI is InChI=1S/C26H35N7.HI/c1-27-26(28-14-12-22-8-10-25(11-9-22)33-15-3-13-30-33)29-20-23-4-6-24(7-5-23)21-32-18-16-31(2)17-19-32;/h3-11,13,15H,12,14,16-21H2,1-2H3,(H2,27,28,29);1H. The number of nitrogens with one attached hydrogen (secondary N) is 2. The molecule has 3 aromatic rings. The summed E-state index contributed by atoms with van der Waals surface area (Å²) in [6.07, 6.45) is 4.67. The van der Waals surface area contributed by atoms with Crippen LogP contribution in [0.3, 0.4) is 0 Å². The zero-order valence-electron chi connectivity index (χ0n) is 20.2. The van der Waals surface area contributed by atoms with Gasteiger partial charge in [-0.25, -0.2) is 4.68 Å².